The SMILES string of the molecule is NN=C(C=Nc1ccc(F)c(F)c1)CNc1ccnc(C(F)(F)F)c1. The number of nitrogens with zero attached hydrogens (tertiary/aromatic N) is 3. The number of halogens is 5. The van der Waals surface area contributed by atoms with E-state index in [0.717, 1.165) is 24.4 Å². The van der Waals surface area contributed by atoms with Crippen molar-refractivity contribution >= 4 is 23.3 Å². The van der Waals surface area contributed by atoms with Crippen molar-refractivity contribution in [2.75, 3.05) is 11.9 Å². The zero-order chi connectivity index (χ0) is 18.4. The van der Waals surface area contributed by atoms with Crippen LogP contribution in [0.2, 0.25) is 0 Å². The molecule has 0 aliphatic rings. The summed E-state index contributed by atoms with van der Waals surface area (Å²) in [4.78, 5) is 7.11. The Morgan fingerprint density at radius 1 is 1.16 bits per heavy atom. The van der Waals surface area contributed by atoms with E-state index >= 15 is 0 Å². The molecule has 0 radical (unpaired) electrons. The highest BCUT2D eigenvalue weighted by Crippen LogP contribution is 2.28. The summed E-state index contributed by atoms with van der Waals surface area (Å²) in [7, 11) is 0. The molecular formula is C15H12F5N5. The minimum atomic E-state index is -4.56. The molecule has 0 amide bonds. The molecule has 0 atom stereocenters. The van der Waals surface area contributed by atoms with Gasteiger partial charge in [-0.2, -0.15) is 18.3 Å². The third-order valence-corrected chi connectivity index (χ3v) is 2.96. The van der Waals surface area contributed by atoms with Crippen molar-refractivity contribution in [1.29, 1.82) is 0 Å². The van der Waals surface area contributed by atoms with Crippen molar-refractivity contribution in [2.24, 2.45) is 15.9 Å². The molecule has 0 spiro atoms. The minimum Gasteiger partial charge on any atom is -0.379 e. The Balaban J connectivity index is 2.03. The van der Waals surface area contributed by atoms with E-state index in [9.17, 15) is 22.0 Å². The van der Waals surface area contributed by atoms with Gasteiger partial charge in [-0.25, -0.2) is 8.78 Å². The molecular weight excluding hydrogens is 345 g/mol. The number of nitrogens with one attached hydrogen (secondary N) is 1. The van der Waals surface area contributed by atoms with Gasteiger partial charge in [0.2, 0.25) is 0 Å². The summed E-state index contributed by atoms with van der Waals surface area (Å²) >= 11 is 0. The molecule has 2 rings (SSSR count). The van der Waals surface area contributed by atoms with E-state index < -0.39 is 23.5 Å². The van der Waals surface area contributed by atoms with Crippen LogP contribution in [0.5, 0.6) is 0 Å². The monoisotopic (exact) mass is 357 g/mol. The third-order valence-electron chi connectivity index (χ3n) is 2.96. The second-order valence-electron chi connectivity index (χ2n) is 4.76. The summed E-state index contributed by atoms with van der Waals surface area (Å²) in [6.45, 7) is -0.0367. The van der Waals surface area contributed by atoms with Gasteiger partial charge in [-0.15, -0.1) is 0 Å². The highest BCUT2D eigenvalue weighted by atomic mass is 19.4. The fourth-order valence-electron chi connectivity index (χ4n) is 1.73. The fraction of sp³-hybridized carbons (Fsp3) is 0.133. The molecule has 3 N–H and O–H groups in total. The molecule has 132 valence electrons. The summed E-state index contributed by atoms with van der Waals surface area (Å²) in [5.41, 5.74) is -0.581. The van der Waals surface area contributed by atoms with Crippen LogP contribution in [0.3, 0.4) is 0 Å². The lowest BCUT2D eigenvalue weighted by molar-refractivity contribution is -0.141. The largest absolute Gasteiger partial charge is 0.433 e. The van der Waals surface area contributed by atoms with Crippen LogP contribution in [0.15, 0.2) is 46.6 Å². The van der Waals surface area contributed by atoms with Crippen molar-refractivity contribution < 1.29 is 22.0 Å². The Labute approximate surface area is 139 Å². The van der Waals surface area contributed by atoms with Crippen LogP contribution >= 0.6 is 0 Å². The maximum Gasteiger partial charge on any atom is 0.433 e. The number of benzene rings is 1. The predicted octanol–water partition coefficient (Wildman–Crippen LogP) is 3.51. The Morgan fingerprint density at radius 3 is 2.56 bits per heavy atom. The highest BCUT2D eigenvalue weighted by molar-refractivity contribution is 6.32. The molecule has 2 aromatic rings. The molecule has 0 aliphatic carbocycles. The fourth-order valence-corrected chi connectivity index (χ4v) is 1.73. The summed E-state index contributed by atoms with van der Waals surface area (Å²) < 4.78 is 63.7. The Bertz CT molecular complexity index is 801. The van der Waals surface area contributed by atoms with E-state index in [1.54, 1.807) is 0 Å². The first-order valence-corrected chi connectivity index (χ1v) is 6.82. The van der Waals surface area contributed by atoms with Crippen molar-refractivity contribution in [1.82, 2.24) is 4.98 Å². The van der Waals surface area contributed by atoms with E-state index in [1.165, 1.54) is 18.3 Å². The Morgan fingerprint density at radius 2 is 1.92 bits per heavy atom. The number of nitrogens with two attached hydrogens (primary N) is 1. The van der Waals surface area contributed by atoms with Crippen molar-refractivity contribution in [3.05, 3.63) is 53.9 Å². The number of rotatable bonds is 5. The van der Waals surface area contributed by atoms with Crippen LogP contribution in [0.1, 0.15) is 5.69 Å². The number of aliphatic imine (C=N–C) groups is 1. The van der Waals surface area contributed by atoms with Crippen molar-refractivity contribution in [3.8, 4) is 0 Å². The minimum absolute atomic E-state index is 0.0367. The average Bonchev–Trinajstić information content (AvgIpc) is 2.57. The zero-order valence-corrected chi connectivity index (χ0v) is 12.6. The van der Waals surface area contributed by atoms with Crippen LogP contribution in [0.4, 0.5) is 33.3 Å². The van der Waals surface area contributed by atoms with Gasteiger partial charge in [-0.05, 0) is 24.3 Å². The molecule has 0 saturated heterocycles. The summed E-state index contributed by atoms with van der Waals surface area (Å²) in [6, 6.07) is 5.21. The molecule has 1 aromatic carbocycles. The second kappa shape index (κ2) is 7.69. The van der Waals surface area contributed by atoms with E-state index in [2.05, 4.69) is 20.4 Å². The molecule has 10 heteroatoms. The molecule has 25 heavy (non-hydrogen) atoms. The Kier molecular flexibility index (Phi) is 5.63. The van der Waals surface area contributed by atoms with Crippen LogP contribution in [0.25, 0.3) is 0 Å². The maximum absolute atomic E-state index is 13.1. The normalized spacial score (nSPS) is 12.6. The lowest BCUT2D eigenvalue weighted by Crippen LogP contribution is -2.17. The van der Waals surface area contributed by atoms with Gasteiger partial charge in [0.05, 0.1) is 24.2 Å². The van der Waals surface area contributed by atoms with E-state index in [-0.39, 0.29) is 23.6 Å². The molecule has 0 unspecified atom stereocenters. The van der Waals surface area contributed by atoms with Gasteiger partial charge in [0.25, 0.3) is 0 Å². The average molecular weight is 357 g/mol. The van der Waals surface area contributed by atoms with Crippen LogP contribution in [-0.4, -0.2) is 23.5 Å². The first-order chi connectivity index (χ1) is 11.8. The van der Waals surface area contributed by atoms with Crippen molar-refractivity contribution in [3.63, 3.8) is 0 Å². The van der Waals surface area contributed by atoms with Crippen LogP contribution < -0.4 is 11.2 Å². The maximum atomic E-state index is 13.1. The van der Waals surface area contributed by atoms with Gasteiger partial charge in [0.1, 0.15) is 5.69 Å². The van der Waals surface area contributed by atoms with Gasteiger partial charge < -0.3 is 11.2 Å². The lowest BCUT2D eigenvalue weighted by atomic mass is 10.3. The summed E-state index contributed by atoms with van der Waals surface area (Å²) in [6.07, 6.45) is -2.36. The van der Waals surface area contributed by atoms with E-state index in [1.807, 2.05) is 0 Å². The number of aromatic nitrogens is 1. The van der Waals surface area contributed by atoms with Gasteiger partial charge >= 0.3 is 6.18 Å². The van der Waals surface area contributed by atoms with Gasteiger partial charge in [-0.1, -0.05) is 0 Å². The molecule has 5 nitrogen and oxygen atoms in total. The Hall–Kier alpha value is -3.04. The molecule has 1 heterocycles. The summed E-state index contributed by atoms with van der Waals surface area (Å²) in [5.74, 6) is 3.12. The number of hydrazone groups is 1. The van der Waals surface area contributed by atoms with Gasteiger partial charge in [0, 0.05) is 18.0 Å². The number of hydrogen-bond acceptors (Lipinski definition) is 5. The van der Waals surface area contributed by atoms with Crippen molar-refractivity contribution in [2.45, 2.75) is 6.18 Å². The molecule has 0 aliphatic heterocycles. The van der Waals surface area contributed by atoms with Gasteiger partial charge in [0.15, 0.2) is 11.6 Å². The first-order valence-electron chi connectivity index (χ1n) is 6.82. The topological polar surface area (TPSA) is 75.7 Å². The van der Waals surface area contributed by atoms with E-state index in [0.29, 0.717) is 0 Å². The standard InChI is InChI=1S/C15H12F5N5/c16-12-2-1-9(5-13(12)17)23-7-11(25-21)8-24-10-3-4-22-14(6-10)15(18,19)20/h1-7H,8,21H2,(H,22,24). The number of anilines is 1. The molecule has 0 fully saturated rings. The number of pyridine rings is 1. The summed E-state index contributed by atoms with van der Waals surface area (Å²) in [5, 5.41) is 6.12. The quantitative estimate of drug-likeness (QED) is 0.372. The zero-order valence-electron chi connectivity index (χ0n) is 12.6. The van der Waals surface area contributed by atoms with Gasteiger partial charge in [-0.3, -0.25) is 9.98 Å². The number of alkyl halides is 3. The third kappa shape index (κ3) is 5.23. The van der Waals surface area contributed by atoms with Crippen LogP contribution in [0, 0.1) is 11.6 Å². The second-order valence-corrected chi connectivity index (χ2v) is 4.76. The highest BCUT2D eigenvalue weighted by Gasteiger charge is 2.32. The number of hydrogen-bond donors (Lipinski definition) is 2. The smallest absolute Gasteiger partial charge is 0.379 e. The predicted molar refractivity (Wildman–Crippen MR) is 83.9 cm³/mol. The van der Waals surface area contributed by atoms with E-state index in [4.69, 9.17) is 5.84 Å². The first kappa shape index (κ1) is 18.3. The van der Waals surface area contributed by atoms with Crippen LogP contribution in [-0.2, 0) is 6.18 Å². The molecule has 0 saturated carbocycles. The lowest BCUT2D eigenvalue weighted by Gasteiger charge is -2.09. The molecule has 0 bridgehead atoms. The molecule has 1 aromatic heterocycles.